The quantitative estimate of drug-likeness (QED) is 0.797. The van der Waals surface area contributed by atoms with Gasteiger partial charge in [-0.1, -0.05) is 11.6 Å². The third-order valence-corrected chi connectivity index (χ3v) is 4.02. The van der Waals surface area contributed by atoms with E-state index in [2.05, 4.69) is 44.6 Å². The van der Waals surface area contributed by atoms with E-state index in [1.807, 2.05) is 0 Å². The summed E-state index contributed by atoms with van der Waals surface area (Å²) in [6.45, 7) is 5.40. The maximum absolute atomic E-state index is 5.99. The molecule has 1 aromatic rings. The van der Waals surface area contributed by atoms with Gasteiger partial charge in [-0.05, 0) is 48.5 Å². The molecule has 0 bridgehead atoms. The standard InChI is InChI=1S/C11H15BrClN3/c1-7(2)16(5-8-3-4-8)11-9(12)10(13)14-6-15-11/h6-8H,3-5H2,1-2H3. The van der Waals surface area contributed by atoms with Crippen LogP contribution in [0.4, 0.5) is 5.82 Å². The van der Waals surface area contributed by atoms with Crippen LogP contribution >= 0.6 is 27.5 Å². The first kappa shape index (κ1) is 12.1. The van der Waals surface area contributed by atoms with E-state index < -0.39 is 0 Å². The Hall–Kier alpha value is -0.350. The lowest BCUT2D eigenvalue weighted by molar-refractivity contribution is 0.634. The molecule has 0 aromatic carbocycles. The second-order valence-electron chi connectivity index (χ2n) is 4.49. The molecule has 88 valence electrons. The Labute approximate surface area is 109 Å². The highest BCUT2D eigenvalue weighted by Crippen LogP contribution is 2.35. The van der Waals surface area contributed by atoms with Crippen molar-refractivity contribution in [3.63, 3.8) is 0 Å². The van der Waals surface area contributed by atoms with Crippen molar-refractivity contribution in [2.24, 2.45) is 5.92 Å². The van der Waals surface area contributed by atoms with Crippen LogP contribution < -0.4 is 4.90 Å². The van der Waals surface area contributed by atoms with E-state index >= 15 is 0 Å². The van der Waals surface area contributed by atoms with Crippen LogP contribution in [0.1, 0.15) is 26.7 Å². The molecule has 1 saturated carbocycles. The van der Waals surface area contributed by atoms with Crippen molar-refractivity contribution in [3.8, 4) is 0 Å². The maximum Gasteiger partial charge on any atom is 0.148 e. The molecule has 1 fully saturated rings. The van der Waals surface area contributed by atoms with Gasteiger partial charge < -0.3 is 4.90 Å². The van der Waals surface area contributed by atoms with Gasteiger partial charge in [0, 0.05) is 12.6 Å². The third kappa shape index (κ3) is 2.66. The molecule has 0 atom stereocenters. The fourth-order valence-electron chi connectivity index (χ4n) is 1.66. The zero-order valence-electron chi connectivity index (χ0n) is 9.45. The fraction of sp³-hybridized carbons (Fsp3) is 0.636. The third-order valence-electron chi connectivity index (χ3n) is 2.78. The molecular weight excluding hydrogens is 289 g/mol. The molecule has 0 unspecified atom stereocenters. The van der Waals surface area contributed by atoms with Gasteiger partial charge in [-0.25, -0.2) is 9.97 Å². The van der Waals surface area contributed by atoms with Crippen LogP contribution in [0.15, 0.2) is 10.8 Å². The Bertz CT molecular complexity index is 379. The maximum atomic E-state index is 5.99. The first-order valence-electron chi connectivity index (χ1n) is 5.52. The van der Waals surface area contributed by atoms with Crippen LogP contribution in [0.3, 0.4) is 0 Å². The molecule has 0 amide bonds. The number of rotatable bonds is 4. The van der Waals surface area contributed by atoms with Gasteiger partial charge in [0.15, 0.2) is 0 Å². The average molecular weight is 305 g/mol. The van der Waals surface area contributed by atoms with Crippen molar-refractivity contribution < 1.29 is 0 Å². The average Bonchev–Trinajstić information content (AvgIpc) is 3.03. The molecule has 0 aliphatic heterocycles. The molecule has 5 heteroatoms. The van der Waals surface area contributed by atoms with Gasteiger partial charge in [-0.3, -0.25) is 0 Å². The lowest BCUT2D eigenvalue weighted by Gasteiger charge is -2.28. The molecule has 16 heavy (non-hydrogen) atoms. The van der Waals surface area contributed by atoms with E-state index in [1.165, 1.54) is 19.2 Å². The Morgan fingerprint density at radius 3 is 2.75 bits per heavy atom. The molecule has 0 N–H and O–H groups in total. The van der Waals surface area contributed by atoms with Gasteiger partial charge in [0.05, 0.1) is 4.47 Å². The minimum Gasteiger partial charge on any atom is -0.353 e. The summed E-state index contributed by atoms with van der Waals surface area (Å²) in [5.41, 5.74) is 0. The van der Waals surface area contributed by atoms with Crippen molar-refractivity contribution in [2.45, 2.75) is 32.7 Å². The Balaban J connectivity index is 2.26. The smallest absolute Gasteiger partial charge is 0.148 e. The minimum atomic E-state index is 0.419. The van der Waals surface area contributed by atoms with Crippen LogP contribution in [-0.2, 0) is 0 Å². The summed E-state index contributed by atoms with van der Waals surface area (Å²) in [5.74, 6) is 1.73. The van der Waals surface area contributed by atoms with Gasteiger partial charge in [-0.15, -0.1) is 0 Å². The zero-order valence-corrected chi connectivity index (χ0v) is 11.8. The lowest BCUT2D eigenvalue weighted by atomic mass is 10.2. The largest absolute Gasteiger partial charge is 0.353 e. The SMILES string of the molecule is CC(C)N(CC1CC1)c1ncnc(Cl)c1Br. The monoisotopic (exact) mass is 303 g/mol. The predicted molar refractivity (Wildman–Crippen MR) is 69.9 cm³/mol. The van der Waals surface area contributed by atoms with Gasteiger partial charge in [-0.2, -0.15) is 0 Å². The lowest BCUT2D eigenvalue weighted by Crippen LogP contribution is -2.33. The van der Waals surface area contributed by atoms with Crippen LogP contribution in [0, 0.1) is 5.92 Å². The predicted octanol–water partition coefficient (Wildman–Crippen LogP) is 3.52. The first-order chi connectivity index (χ1) is 7.59. The van der Waals surface area contributed by atoms with E-state index in [4.69, 9.17) is 11.6 Å². The Morgan fingerprint density at radius 1 is 1.50 bits per heavy atom. The minimum absolute atomic E-state index is 0.419. The summed E-state index contributed by atoms with van der Waals surface area (Å²) in [5, 5.41) is 0.478. The van der Waals surface area contributed by atoms with Gasteiger partial charge in [0.25, 0.3) is 0 Å². The summed E-state index contributed by atoms with van der Waals surface area (Å²) in [4.78, 5) is 10.6. The summed E-state index contributed by atoms with van der Waals surface area (Å²) in [6, 6.07) is 0.419. The number of nitrogens with zero attached hydrogens (tertiary/aromatic N) is 3. The molecule has 0 radical (unpaired) electrons. The van der Waals surface area contributed by atoms with E-state index in [1.54, 1.807) is 0 Å². The highest BCUT2D eigenvalue weighted by molar-refractivity contribution is 9.10. The normalized spacial score (nSPS) is 15.6. The molecule has 3 nitrogen and oxygen atoms in total. The van der Waals surface area contributed by atoms with E-state index in [-0.39, 0.29) is 0 Å². The van der Waals surface area contributed by atoms with Gasteiger partial charge >= 0.3 is 0 Å². The van der Waals surface area contributed by atoms with Crippen LogP contribution in [0.2, 0.25) is 5.15 Å². The fourth-order valence-corrected chi connectivity index (χ4v) is 2.22. The van der Waals surface area contributed by atoms with E-state index in [0.717, 1.165) is 22.8 Å². The number of hydrogen-bond donors (Lipinski definition) is 0. The topological polar surface area (TPSA) is 29.0 Å². The van der Waals surface area contributed by atoms with Crippen molar-refractivity contribution in [2.75, 3.05) is 11.4 Å². The summed E-state index contributed by atoms with van der Waals surface area (Å²) >= 11 is 9.45. The summed E-state index contributed by atoms with van der Waals surface area (Å²) < 4.78 is 0.797. The highest BCUT2D eigenvalue weighted by atomic mass is 79.9. The van der Waals surface area contributed by atoms with Gasteiger partial charge in [0.2, 0.25) is 0 Å². The molecule has 0 saturated heterocycles. The van der Waals surface area contributed by atoms with E-state index in [0.29, 0.717) is 11.2 Å². The Morgan fingerprint density at radius 2 is 2.19 bits per heavy atom. The molecule has 2 rings (SSSR count). The molecule has 1 aromatic heterocycles. The number of halogens is 2. The van der Waals surface area contributed by atoms with Crippen molar-refractivity contribution in [3.05, 3.63) is 16.0 Å². The zero-order chi connectivity index (χ0) is 11.7. The molecule has 1 aliphatic carbocycles. The number of hydrogen-bond acceptors (Lipinski definition) is 3. The van der Waals surface area contributed by atoms with Crippen molar-refractivity contribution in [1.82, 2.24) is 9.97 Å². The second-order valence-corrected chi connectivity index (χ2v) is 5.64. The molecule has 0 spiro atoms. The van der Waals surface area contributed by atoms with Crippen LogP contribution in [0.5, 0.6) is 0 Å². The molecular formula is C11H15BrClN3. The molecule has 1 aliphatic rings. The van der Waals surface area contributed by atoms with Crippen molar-refractivity contribution in [1.29, 1.82) is 0 Å². The van der Waals surface area contributed by atoms with Crippen LogP contribution in [0.25, 0.3) is 0 Å². The summed E-state index contributed by atoms with van der Waals surface area (Å²) in [6.07, 6.45) is 4.18. The first-order valence-corrected chi connectivity index (χ1v) is 6.69. The van der Waals surface area contributed by atoms with Crippen LogP contribution in [-0.4, -0.2) is 22.6 Å². The summed E-state index contributed by atoms with van der Waals surface area (Å²) in [7, 11) is 0. The van der Waals surface area contributed by atoms with E-state index in [9.17, 15) is 0 Å². The Kier molecular flexibility index (Phi) is 3.70. The highest BCUT2D eigenvalue weighted by Gasteiger charge is 2.27. The van der Waals surface area contributed by atoms with Gasteiger partial charge in [0.1, 0.15) is 17.3 Å². The number of anilines is 1. The number of aromatic nitrogens is 2. The second kappa shape index (κ2) is 4.88. The van der Waals surface area contributed by atoms with Crippen molar-refractivity contribution >= 4 is 33.3 Å². The molecule has 1 heterocycles.